The van der Waals surface area contributed by atoms with Crippen LogP contribution >= 0.6 is 11.3 Å². The number of hydrogen-bond donors (Lipinski definition) is 2. The van der Waals surface area contributed by atoms with Crippen LogP contribution in [0, 0.1) is 6.92 Å². The Balaban J connectivity index is 1.37. The van der Waals surface area contributed by atoms with E-state index < -0.39 is 0 Å². The number of thiazole rings is 1. The molecule has 2 heterocycles. The second-order valence-corrected chi connectivity index (χ2v) is 7.89. The van der Waals surface area contributed by atoms with Crippen molar-refractivity contribution in [3.63, 3.8) is 0 Å². The summed E-state index contributed by atoms with van der Waals surface area (Å²) in [5, 5.41) is 5.87. The van der Waals surface area contributed by atoms with Gasteiger partial charge >= 0.3 is 0 Å². The zero-order valence-electron chi connectivity index (χ0n) is 15.8. The van der Waals surface area contributed by atoms with Gasteiger partial charge in [-0.25, -0.2) is 4.98 Å². The van der Waals surface area contributed by atoms with Crippen LogP contribution in [-0.4, -0.2) is 17.4 Å². The predicted molar refractivity (Wildman–Crippen MR) is 112 cm³/mol. The molecule has 2 aromatic carbocycles. The Kier molecular flexibility index (Phi) is 5.23. The van der Waals surface area contributed by atoms with Crippen LogP contribution in [0.5, 0.6) is 0 Å². The molecule has 0 radical (unpaired) electrons. The molecule has 0 fully saturated rings. The van der Waals surface area contributed by atoms with E-state index in [1.807, 2.05) is 48.6 Å². The van der Waals surface area contributed by atoms with E-state index in [0.717, 1.165) is 27.5 Å². The predicted octanol–water partition coefficient (Wildman–Crippen LogP) is 4.13. The zero-order valence-corrected chi connectivity index (χ0v) is 16.6. The van der Waals surface area contributed by atoms with E-state index in [1.54, 1.807) is 17.6 Å². The number of rotatable bonds is 6. The molecule has 1 atom stereocenters. The summed E-state index contributed by atoms with van der Waals surface area (Å²) in [4.78, 5) is 16.9. The van der Waals surface area contributed by atoms with Crippen molar-refractivity contribution in [2.75, 3.05) is 11.9 Å². The van der Waals surface area contributed by atoms with E-state index in [9.17, 15) is 4.79 Å². The Morgan fingerprint density at radius 1 is 1.21 bits per heavy atom. The van der Waals surface area contributed by atoms with Crippen LogP contribution in [0.25, 0.3) is 20.8 Å². The molecule has 0 aliphatic heterocycles. The SMILES string of the molecule is Cc1ccc2nc(-c3ccc(NC(=O)C[NH2+][C@H](C)c4ccco4)cc3)sc2c1. The quantitative estimate of drug-likeness (QED) is 0.518. The standard InChI is InChI=1S/C22H21N3O2S/c1-14-5-10-18-20(12-14)28-22(25-18)16-6-8-17(9-7-16)24-21(26)13-23-15(2)19-4-3-11-27-19/h3-12,15,23H,13H2,1-2H3,(H,24,26)/p+1/t15-/m1/s1. The van der Waals surface area contributed by atoms with Gasteiger partial charge in [0, 0.05) is 11.3 Å². The van der Waals surface area contributed by atoms with Gasteiger partial charge in [0.1, 0.15) is 11.0 Å². The van der Waals surface area contributed by atoms with Gasteiger partial charge in [0.25, 0.3) is 5.91 Å². The molecule has 0 unspecified atom stereocenters. The number of furan rings is 1. The van der Waals surface area contributed by atoms with Crippen LogP contribution in [0.2, 0.25) is 0 Å². The van der Waals surface area contributed by atoms with E-state index in [0.29, 0.717) is 6.54 Å². The lowest BCUT2D eigenvalue weighted by atomic mass is 10.2. The third-order valence-corrected chi connectivity index (χ3v) is 5.68. The second-order valence-electron chi connectivity index (χ2n) is 6.86. The fourth-order valence-corrected chi connectivity index (χ4v) is 4.08. The Labute approximate surface area is 167 Å². The van der Waals surface area contributed by atoms with Crippen molar-refractivity contribution in [1.29, 1.82) is 0 Å². The molecule has 2 aromatic heterocycles. The van der Waals surface area contributed by atoms with Gasteiger partial charge in [0.05, 0.1) is 16.5 Å². The third kappa shape index (κ3) is 4.13. The number of amides is 1. The highest BCUT2D eigenvalue weighted by Crippen LogP contribution is 2.31. The number of anilines is 1. The van der Waals surface area contributed by atoms with Crippen LogP contribution in [-0.2, 0) is 4.79 Å². The highest BCUT2D eigenvalue weighted by Gasteiger charge is 2.14. The number of carbonyl (C=O) groups is 1. The van der Waals surface area contributed by atoms with Gasteiger partial charge in [-0.2, -0.15) is 0 Å². The van der Waals surface area contributed by atoms with Gasteiger partial charge in [-0.3, -0.25) is 4.79 Å². The minimum absolute atomic E-state index is 0.0402. The summed E-state index contributed by atoms with van der Waals surface area (Å²) in [6.45, 7) is 4.43. The first kappa shape index (κ1) is 18.4. The lowest BCUT2D eigenvalue weighted by Crippen LogP contribution is -2.86. The molecule has 4 aromatic rings. The van der Waals surface area contributed by atoms with Crippen molar-refractivity contribution in [3.05, 3.63) is 72.2 Å². The second kappa shape index (κ2) is 7.96. The fraction of sp³-hybridized carbons (Fsp3) is 0.182. The molecule has 0 spiro atoms. The molecule has 4 rings (SSSR count). The summed E-state index contributed by atoms with van der Waals surface area (Å²) in [7, 11) is 0. The number of aromatic nitrogens is 1. The van der Waals surface area contributed by atoms with Crippen molar-refractivity contribution in [1.82, 2.24) is 4.98 Å². The van der Waals surface area contributed by atoms with E-state index in [1.165, 1.54) is 10.3 Å². The Morgan fingerprint density at radius 3 is 2.79 bits per heavy atom. The number of hydrogen-bond acceptors (Lipinski definition) is 4. The Morgan fingerprint density at radius 2 is 2.04 bits per heavy atom. The average Bonchev–Trinajstić information content (AvgIpc) is 3.36. The molecule has 0 aliphatic rings. The van der Waals surface area contributed by atoms with Gasteiger partial charge in [-0.1, -0.05) is 6.07 Å². The van der Waals surface area contributed by atoms with Crippen molar-refractivity contribution in [2.24, 2.45) is 0 Å². The minimum Gasteiger partial charge on any atom is -0.463 e. The van der Waals surface area contributed by atoms with E-state index in [4.69, 9.17) is 9.40 Å². The van der Waals surface area contributed by atoms with Crippen molar-refractivity contribution >= 4 is 33.1 Å². The van der Waals surface area contributed by atoms with Crippen molar-refractivity contribution in [2.45, 2.75) is 19.9 Å². The monoisotopic (exact) mass is 392 g/mol. The van der Waals surface area contributed by atoms with E-state index in [2.05, 4.69) is 30.4 Å². The highest BCUT2D eigenvalue weighted by atomic mass is 32.1. The fourth-order valence-electron chi connectivity index (χ4n) is 3.01. The van der Waals surface area contributed by atoms with Crippen LogP contribution in [0.15, 0.2) is 65.3 Å². The Hall–Kier alpha value is -2.96. The molecule has 3 N–H and O–H groups in total. The maximum Gasteiger partial charge on any atom is 0.279 e. The first-order chi connectivity index (χ1) is 13.6. The number of nitrogens with one attached hydrogen (secondary N) is 1. The first-order valence-corrected chi connectivity index (χ1v) is 10.0. The summed E-state index contributed by atoms with van der Waals surface area (Å²) in [6, 6.07) is 18.0. The highest BCUT2D eigenvalue weighted by molar-refractivity contribution is 7.21. The lowest BCUT2D eigenvalue weighted by Gasteiger charge is -2.09. The molecule has 142 valence electrons. The van der Waals surface area contributed by atoms with Gasteiger partial charge in [0.2, 0.25) is 0 Å². The van der Waals surface area contributed by atoms with Gasteiger partial charge < -0.3 is 15.1 Å². The molecule has 6 heteroatoms. The number of fused-ring (bicyclic) bond motifs is 1. The van der Waals surface area contributed by atoms with Crippen LogP contribution in [0.4, 0.5) is 5.69 Å². The smallest absolute Gasteiger partial charge is 0.279 e. The molecule has 0 saturated heterocycles. The third-order valence-electron chi connectivity index (χ3n) is 4.61. The van der Waals surface area contributed by atoms with Crippen LogP contribution in [0.1, 0.15) is 24.3 Å². The number of aryl methyl sites for hydroxylation is 1. The topological polar surface area (TPSA) is 71.7 Å². The number of carbonyl (C=O) groups excluding carboxylic acids is 1. The van der Waals surface area contributed by atoms with Gasteiger partial charge in [-0.15, -0.1) is 11.3 Å². The number of benzene rings is 2. The van der Waals surface area contributed by atoms with Crippen LogP contribution in [0.3, 0.4) is 0 Å². The number of nitrogens with two attached hydrogens (primary N) is 1. The summed E-state index contributed by atoms with van der Waals surface area (Å²) in [5.41, 5.74) is 4.09. The average molecular weight is 393 g/mol. The van der Waals surface area contributed by atoms with Crippen LogP contribution < -0.4 is 10.6 Å². The number of nitrogens with zero attached hydrogens (tertiary/aromatic N) is 1. The van der Waals surface area contributed by atoms with Gasteiger partial charge in [-0.05, 0) is 67.9 Å². The largest absolute Gasteiger partial charge is 0.463 e. The van der Waals surface area contributed by atoms with Crippen molar-refractivity contribution in [3.8, 4) is 10.6 Å². The zero-order chi connectivity index (χ0) is 19.5. The first-order valence-electron chi connectivity index (χ1n) is 9.23. The molecule has 5 nitrogen and oxygen atoms in total. The van der Waals surface area contributed by atoms with Crippen molar-refractivity contribution < 1.29 is 14.5 Å². The summed E-state index contributed by atoms with van der Waals surface area (Å²) in [6.07, 6.45) is 1.65. The van der Waals surface area contributed by atoms with E-state index >= 15 is 0 Å². The normalized spacial score (nSPS) is 12.2. The summed E-state index contributed by atoms with van der Waals surface area (Å²) in [5.74, 6) is 0.824. The van der Waals surface area contributed by atoms with Gasteiger partial charge in [0.15, 0.2) is 12.3 Å². The summed E-state index contributed by atoms with van der Waals surface area (Å²) >= 11 is 1.68. The molecule has 0 aliphatic carbocycles. The molecule has 28 heavy (non-hydrogen) atoms. The molecular formula is C22H22N3O2S+. The molecule has 0 bridgehead atoms. The maximum absolute atomic E-state index is 12.2. The molecule has 0 saturated carbocycles. The lowest BCUT2D eigenvalue weighted by molar-refractivity contribution is -0.684. The Bertz CT molecular complexity index is 1080. The maximum atomic E-state index is 12.2. The molecule has 1 amide bonds. The molecular weight excluding hydrogens is 370 g/mol. The minimum atomic E-state index is -0.0402. The van der Waals surface area contributed by atoms with E-state index in [-0.39, 0.29) is 11.9 Å². The summed E-state index contributed by atoms with van der Waals surface area (Å²) < 4.78 is 6.55. The number of quaternary nitrogens is 1.